The van der Waals surface area contributed by atoms with Crippen LogP contribution in [0.4, 0.5) is 0 Å². The SMILES string of the molecule is COC(=O)CC1(C(C)N)CC(C)(C)CC1C. The number of carbonyl (C=O) groups excluding carboxylic acids is 1. The van der Waals surface area contributed by atoms with Gasteiger partial charge in [0.25, 0.3) is 0 Å². The Bertz CT molecular complexity index is 273. The number of ether oxygens (including phenoxy) is 1. The van der Waals surface area contributed by atoms with Gasteiger partial charge in [0.05, 0.1) is 13.5 Å². The van der Waals surface area contributed by atoms with Crippen molar-refractivity contribution < 1.29 is 9.53 Å². The van der Waals surface area contributed by atoms with E-state index in [-0.39, 0.29) is 22.8 Å². The second kappa shape index (κ2) is 4.36. The Hall–Kier alpha value is -0.570. The maximum Gasteiger partial charge on any atom is 0.306 e. The molecule has 0 amide bonds. The minimum absolute atomic E-state index is 0.0309. The zero-order valence-electron chi connectivity index (χ0n) is 11.2. The van der Waals surface area contributed by atoms with E-state index in [0.29, 0.717) is 12.3 Å². The van der Waals surface area contributed by atoms with Crippen LogP contribution in [0.1, 0.15) is 47.0 Å². The zero-order chi connectivity index (χ0) is 12.6. The molecule has 0 heterocycles. The van der Waals surface area contributed by atoms with Crippen LogP contribution in [0.15, 0.2) is 0 Å². The van der Waals surface area contributed by atoms with E-state index in [9.17, 15) is 4.79 Å². The molecular formula is C13H25NO2. The van der Waals surface area contributed by atoms with E-state index in [4.69, 9.17) is 10.5 Å². The van der Waals surface area contributed by atoms with Crippen LogP contribution in [-0.2, 0) is 9.53 Å². The first-order chi connectivity index (χ1) is 7.23. The summed E-state index contributed by atoms with van der Waals surface area (Å²) >= 11 is 0. The number of methoxy groups -OCH3 is 1. The fourth-order valence-electron chi connectivity index (χ4n) is 3.52. The van der Waals surface area contributed by atoms with E-state index in [1.807, 2.05) is 6.92 Å². The Kier molecular flexibility index (Phi) is 3.68. The number of rotatable bonds is 3. The van der Waals surface area contributed by atoms with E-state index in [1.54, 1.807) is 0 Å². The molecule has 0 aromatic heterocycles. The number of hydrogen-bond acceptors (Lipinski definition) is 3. The Morgan fingerprint density at radius 3 is 2.44 bits per heavy atom. The van der Waals surface area contributed by atoms with Crippen molar-refractivity contribution in [2.45, 2.75) is 53.0 Å². The van der Waals surface area contributed by atoms with Gasteiger partial charge in [0.2, 0.25) is 0 Å². The standard InChI is InChI=1S/C13H25NO2/c1-9-6-12(3,4)8-13(9,10(2)14)7-11(15)16-5/h9-10H,6-8,14H2,1-5H3. The molecule has 1 saturated carbocycles. The van der Waals surface area contributed by atoms with Gasteiger partial charge in [-0.25, -0.2) is 0 Å². The molecule has 16 heavy (non-hydrogen) atoms. The molecule has 0 aromatic carbocycles. The summed E-state index contributed by atoms with van der Waals surface area (Å²) in [7, 11) is 1.45. The molecule has 3 unspecified atom stereocenters. The number of nitrogens with two attached hydrogens (primary N) is 1. The van der Waals surface area contributed by atoms with Gasteiger partial charge < -0.3 is 10.5 Å². The molecule has 1 fully saturated rings. The largest absolute Gasteiger partial charge is 0.469 e. The minimum Gasteiger partial charge on any atom is -0.469 e. The van der Waals surface area contributed by atoms with E-state index < -0.39 is 0 Å². The summed E-state index contributed by atoms with van der Waals surface area (Å²) in [4.78, 5) is 11.6. The van der Waals surface area contributed by atoms with E-state index in [2.05, 4.69) is 20.8 Å². The number of carbonyl (C=O) groups is 1. The molecular weight excluding hydrogens is 202 g/mol. The van der Waals surface area contributed by atoms with Crippen LogP contribution in [0, 0.1) is 16.7 Å². The van der Waals surface area contributed by atoms with Crippen molar-refractivity contribution in [3.63, 3.8) is 0 Å². The summed E-state index contributed by atoms with van der Waals surface area (Å²) < 4.78 is 4.81. The van der Waals surface area contributed by atoms with Crippen molar-refractivity contribution in [1.29, 1.82) is 0 Å². The van der Waals surface area contributed by atoms with Crippen molar-refractivity contribution in [2.24, 2.45) is 22.5 Å². The highest BCUT2D eigenvalue weighted by molar-refractivity contribution is 5.70. The molecule has 0 radical (unpaired) electrons. The molecule has 94 valence electrons. The summed E-state index contributed by atoms with van der Waals surface area (Å²) in [6.45, 7) is 8.73. The van der Waals surface area contributed by atoms with E-state index >= 15 is 0 Å². The second-order valence-electron chi connectivity index (χ2n) is 6.22. The summed E-state index contributed by atoms with van der Waals surface area (Å²) in [5.41, 5.74) is 6.33. The van der Waals surface area contributed by atoms with Crippen LogP contribution in [-0.4, -0.2) is 19.1 Å². The van der Waals surface area contributed by atoms with Gasteiger partial charge >= 0.3 is 5.97 Å². The van der Waals surface area contributed by atoms with Crippen molar-refractivity contribution >= 4 is 5.97 Å². The monoisotopic (exact) mass is 227 g/mol. The predicted molar refractivity (Wildman–Crippen MR) is 64.9 cm³/mol. The van der Waals surface area contributed by atoms with Crippen molar-refractivity contribution in [3.05, 3.63) is 0 Å². The topological polar surface area (TPSA) is 52.3 Å². The lowest BCUT2D eigenvalue weighted by molar-refractivity contribution is -0.144. The lowest BCUT2D eigenvalue weighted by Gasteiger charge is -2.37. The Labute approximate surface area is 98.7 Å². The van der Waals surface area contributed by atoms with Crippen molar-refractivity contribution in [1.82, 2.24) is 0 Å². The highest BCUT2D eigenvalue weighted by Crippen LogP contribution is 2.56. The molecule has 0 saturated heterocycles. The molecule has 3 nitrogen and oxygen atoms in total. The first kappa shape index (κ1) is 13.5. The fourth-order valence-corrected chi connectivity index (χ4v) is 3.52. The number of hydrogen-bond donors (Lipinski definition) is 1. The predicted octanol–water partition coefficient (Wildman–Crippen LogP) is 2.34. The summed E-state index contributed by atoms with van der Waals surface area (Å²) in [5, 5.41) is 0. The van der Waals surface area contributed by atoms with Crippen LogP contribution in [0.2, 0.25) is 0 Å². The molecule has 3 heteroatoms. The van der Waals surface area contributed by atoms with E-state index in [0.717, 1.165) is 12.8 Å². The highest BCUT2D eigenvalue weighted by Gasteiger charge is 2.51. The third-order valence-electron chi connectivity index (χ3n) is 4.26. The van der Waals surface area contributed by atoms with Gasteiger partial charge in [-0.3, -0.25) is 4.79 Å². The average molecular weight is 227 g/mol. The Morgan fingerprint density at radius 1 is 1.56 bits per heavy atom. The van der Waals surface area contributed by atoms with Crippen LogP contribution in [0.5, 0.6) is 0 Å². The second-order valence-corrected chi connectivity index (χ2v) is 6.22. The number of esters is 1. The maximum atomic E-state index is 11.6. The molecule has 0 bridgehead atoms. The lowest BCUT2D eigenvalue weighted by atomic mass is 9.70. The van der Waals surface area contributed by atoms with Gasteiger partial charge in [0.15, 0.2) is 0 Å². The third-order valence-corrected chi connectivity index (χ3v) is 4.26. The Balaban J connectivity index is 2.94. The van der Waals surface area contributed by atoms with Crippen LogP contribution < -0.4 is 5.73 Å². The van der Waals surface area contributed by atoms with Crippen LogP contribution >= 0.6 is 0 Å². The van der Waals surface area contributed by atoms with Gasteiger partial charge in [-0.05, 0) is 36.5 Å². The third kappa shape index (κ3) is 2.40. The molecule has 3 atom stereocenters. The summed E-state index contributed by atoms with van der Waals surface area (Å²) in [6.07, 6.45) is 2.59. The fraction of sp³-hybridized carbons (Fsp3) is 0.923. The van der Waals surface area contributed by atoms with Crippen LogP contribution in [0.25, 0.3) is 0 Å². The molecule has 1 aliphatic carbocycles. The molecule has 1 aliphatic rings. The lowest BCUT2D eigenvalue weighted by Crippen LogP contribution is -2.43. The minimum atomic E-state index is -0.137. The van der Waals surface area contributed by atoms with Crippen molar-refractivity contribution in [3.8, 4) is 0 Å². The maximum absolute atomic E-state index is 11.6. The zero-order valence-corrected chi connectivity index (χ0v) is 11.2. The summed E-state index contributed by atoms with van der Waals surface area (Å²) in [5.74, 6) is 0.337. The van der Waals surface area contributed by atoms with E-state index in [1.165, 1.54) is 7.11 Å². The molecule has 1 rings (SSSR count). The van der Waals surface area contributed by atoms with Gasteiger partial charge in [-0.2, -0.15) is 0 Å². The molecule has 0 aromatic rings. The van der Waals surface area contributed by atoms with Crippen molar-refractivity contribution in [2.75, 3.05) is 7.11 Å². The molecule has 2 N–H and O–H groups in total. The average Bonchev–Trinajstić information content (AvgIpc) is 2.37. The Morgan fingerprint density at radius 2 is 2.12 bits per heavy atom. The molecule has 0 aliphatic heterocycles. The van der Waals surface area contributed by atoms with Gasteiger partial charge in [0.1, 0.15) is 0 Å². The smallest absolute Gasteiger partial charge is 0.306 e. The van der Waals surface area contributed by atoms with Gasteiger partial charge in [-0.15, -0.1) is 0 Å². The normalized spacial score (nSPS) is 34.8. The summed E-state index contributed by atoms with van der Waals surface area (Å²) in [6, 6.07) is 0.0309. The van der Waals surface area contributed by atoms with Crippen LogP contribution in [0.3, 0.4) is 0 Å². The first-order valence-corrected chi connectivity index (χ1v) is 6.06. The first-order valence-electron chi connectivity index (χ1n) is 6.06. The quantitative estimate of drug-likeness (QED) is 0.753. The van der Waals surface area contributed by atoms with Gasteiger partial charge in [-0.1, -0.05) is 20.8 Å². The van der Waals surface area contributed by atoms with Gasteiger partial charge in [0, 0.05) is 6.04 Å². The molecule has 0 spiro atoms. The highest BCUT2D eigenvalue weighted by atomic mass is 16.5.